The van der Waals surface area contributed by atoms with Gasteiger partial charge in [0.2, 0.25) is 0 Å². The fourth-order valence-electron chi connectivity index (χ4n) is 4.15. The fraction of sp³-hybridized carbons (Fsp3) is 0.231. The Balaban J connectivity index is 1.47. The average molecular weight is 396 g/mol. The number of aromatic nitrogens is 2. The number of aryl methyl sites for hydroxylation is 1. The molecule has 30 heavy (non-hydrogen) atoms. The highest BCUT2D eigenvalue weighted by Crippen LogP contribution is 2.40. The smallest absolute Gasteiger partial charge is 0.337 e. The number of carbonyl (C=O) groups is 1. The van der Waals surface area contributed by atoms with Crippen LogP contribution >= 0.6 is 0 Å². The molecule has 4 aromatic rings. The van der Waals surface area contributed by atoms with E-state index in [2.05, 4.69) is 65.1 Å². The Kier molecular flexibility index (Phi) is 4.62. The van der Waals surface area contributed by atoms with Crippen LogP contribution in [-0.2, 0) is 13.0 Å². The van der Waals surface area contributed by atoms with Crippen LogP contribution < -0.4 is 0 Å². The molecule has 0 radical (unpaired) electrons. The third-order valence-corrected chi connectivity index (χ3v) is 6.05. The molecule has 0 amide bonds. The highest BCUT2D eigenvalue weighted by molar-refractivity contribution is 5.89. The lowest BCUT2D eigenvalue weighted by Crippen LogP contribution is -2.07. The molecule has 2 aromatic carbocycles. The summed E-state index contributed by atoms with van der Waals surface area (Å²) in [6, 6.07) is 18.8. The first-order valence-electron chi connectivity index (χ1n) is 10.4. The molecule has 0 atom stereocenters. The zero-order chi connectivity index (χ0) is 20.7. The lowest BCUT2D eigenvalue weighted by atomic mass is 9.98. The molecular weight excluding hydrogens is 372 g/mol. The van der Waals surface area contributed by atoms with Crippen molar-refractivity contribution in [2.75, 3.05) is 0 Å². The van der Waals surface area contributed by atoms with E-state index in [4.69, 9.17) is 0 Å². The third-order valence-electron chi connectivity index (χ3n) is 6.05. The Morgan fingerprint density at radius 1 is 1.13 bits per heavy atom. The Labute approximate surface area is 175 Å². The maximum Gasteiger partial charge on any atom is 0.337 e. The molecule has 150 valence electrons. The predicted octanol–water partition coefficient (Wildman–Crippen LogP) is 5.56. The number of hydrogen-bond acceptors (Lipinski definition) is 2. The number of carboxylic acids is 1. The SMILES string of the molecule is Cc1cc2c(ccn2Cc2ccccc2)cc1Cc1ncc(C2CC2)cc1C(=O)O. The normalized spacial score (nSPS) is 13.6. The molecule has 1 aliphatic rings. The maximum atomic E-state index is 11.8. The summed E-state index contributed by atoms with van der Waals surface area (Å²) in [4.78, 5) is 16.4. The summed E-state index contributed by atoms with van der Waals surface area (Å²) < 4.78 is 2.26. The van der Waals surface area contributed by atoms with Gasteiger partial charge in [0.25, 0.3) is 0 Å². The standard InChI is InChI=1S/C26H24N2O2/c1-17-11-25-20(9-10-28(25)16-18-5-3-2-4-6-18)12-21(17)14-24-23(26(29)30)13-22(15-27-24)19-7-8-19/h2-6,9-13,15,19H,7-8,14,16H2,1H3,(H,29,30). The first-order valence-corrected chi connectivity index (χ1v) is 10.4. The van der Waals surface area contributed by atoms with Crippen molar-refractivity contribution in [2.45, 2.75) is 38.6 Å². The van der Waals surface area contributed by atoms with Crippen LogP contribution in [0.4, 0.5) is 0 Å². The zero-order valence-electron chi connectivity index (χ0n) is 17.0. The van der Waals surface area contributed by atoms with Crippen molar-refractivity contribution in [2.24, 2.45) is 0 Å². The first-order chi connectivity index (χ1) is 14.6. The molecule has 2 heterocycles. The van der Waals surface area contributed by atoms with E-state index in [-0.39, 0.29) is 0 Å². The minimum Gasteiger partial charge on any atom is -0.478 e. The van der Waals surface area contributed by atoms with Gasteiger partial charge in [-0.05, 0) is 77.6 Å². The largest absolute Gasteiger partial charge is 0.478 e. The molecule has 0 spiro atoms. The summed E-state index contributed by atoms with van der Waals surface area (Å²) in [6.07, 6.45) is 6.78. The monoisotopic (exact) mass is 396 g/mol. The van der Waals surface area contributed by atoms with Gasteiger partial charge >= 0.3 is 5.97 Å². The van der Waals surface area contributed by atoms with Gasteiger partial charge in [-0.3, -0.25) is 4.98 Å². The number of pyridine rings is 1. The van der Waals surface area contributed by atoms with Crippen molar-refractivity contribution < 1.29 is 9.90 Å². The summed E-state index contributed by atoms with van der Waals surface area (Å²) in [5.41, 5.74) is 6.76. The van der Waals surface area contributed by atoms with Gasteiger partial charge in [0.1, 0.15) is 0 Å². The topological polar surface area (TPSA) is 55.1 Å². The molecular formula is C26H24N2O2. The summed E-state index contributed by atoms with van der Waals surface area (Å²) in [5.74, 6) is -0.403. The zero-order valence-corrected chi connectivity index (χ0v) is 17.0. The Hall–Kier alpha value is -3.40. The molecule has 2 aromatic heterocycles. The van der Waals surface area contributed by atoms with Crippen LogP contribution in [0.25, 0.3) is 10.9 Å². The van der Waals surface area contributed by atoms with E-state index in [9.17, 15) is 9.90 Å². The minimum atomic E-state index is -0.896. The summed E-state index contributed by atoms with van der Waals surface area (Å²) in [6.45, 7) is 2.92. The molecule has 0 aliphatic heterocycles. The van der Waals surface area contributed by atoms with Crippen molar-refractivity contribution in [3.8, 4) is 0 Å². The van der Waals surface area contributed by atoms with Gasteiger partial charge in [0.15, 0.2) is 0 Å². The Morgan fingerprint density at radius 2 is 1.93 bits per heavy atom. The first kappa shape index (κ1) is 18.6. The second-order valence-corrected chi connectivity index (χ2v) is 8.29. The molecule has 0 unspecified atom stereocenters. The molecule has 1 N–H and O–H groups in total. The van der Waals surface area contributed by atoms with Crippen molar-refractivity contribution in [1.82, 2.24) is 9.55 Å². The summed E-state index contributed by atoms with van der Waals surface area (Å²) in [5, 5.41) is 10.9. The second kappa shape index (κ2) is 7.45. The van der Waals surface area contributed by atoms with Crippen molar-refractivity contribution in [3.05, 3.63) is 101 Å². The van der Waals surface area contributed by atoms with Gasteiger partial charge < -0.3 is 9.67 Å². The lowest BCUT2D eigenvalue weighted by Gasteiger charge is -2.12. The molecule has 1 aliphatic carbocycles. The molecule has 5 rings (SSSR count). The highest BCUT2D eigenvalue weighted by Gasteiger charge is 2.26. The van der Waals surface area contributed by atoms with Crippen molar-refractivity contribution >= 4 is 16.9 Å². The van der Waals surface area contributed by atoms with Gasteiger partial charge in [0, 0.05) is 30.9 Å². The Bertz CT molecular complexity index is 1240. The number of rotatable bonds is 6. The third kappa shape index (κ3) is 3.61. The van der Waals surface area contributed by atoms with E-state index in [1.54, 1.807) is 0 Å². The maximum absolute atomic E-state index is 11.8. The van der Waals surface area contributed by atoms with E-state index < -0.39 is 5.97 Å². The van der Waals surface area contributed by atoms with Gasteiger partial charge in [-0.2, -0.15) is 0 Å². The molecule has 4 heteroatoms. The van der Waals surface area contributed by atoms with Crippen LogP contribution in [0.1, 0.15) is 57.1 Å². The van der Waals surface area contributed by atoms with Gasteiger partial charge in [-0.1, -0.05) is 30.3 Å². The molecule has 4 nitrogen and oxygen atoms in total. The van der Waals surface area contributed by atoms with E-state index in [1.165, 1.54) is 11.1 Å². The quantitative estimate of drug-likeness (QED) is 0.464. The van der Waals surface area contributed by atoms with Crippen LogP contribution in [0.15, 0.2) is 67.0 Å². The van der Waals surface area contributed by atoms with Crippen LogP contribution in [-0.4, -0.2) is 20.6 Å². The molecule has 1 saturated carbocycles. The number of fused-ring (bicyclic) bond motifs is 1. The number of benzene rings is 2. The molecule has 1 fully saturated rings. The molecule has 0 saturated heterocycles. The Morgan fingerprint density at radius 3 is 2.67 bits per heavy atom. The number of hydrogen-bond donors (Lipinski definition) is 1. The van der Waals surface area contributed by atoms with Crippen LogP contribution in [0, 0.1) is 6.92 Å². The molecule has 0 bridgehead atoms. The summed E-state index contributed by atoms with van der Waals surface area (Å²) in [7, 11) is 0. The fourth-order valence-corrected chi connectivity index (χ4v) is 4.15. The average Bonchev–Trinajstić information content (AvgIpc) is 3.53. The van der Waals surface area contributed by atoms with Gasteiger partial charge in [-0.15, -0.1) is 0 Å². The number of nitrogens with zero attached hydrogens (tertiary/aromatic N) is 2. The van der Waals surface area contributed by atoms with E-state index in [1.807, 2.05) is 18.3 Å². The number of aromatic carboxylic acids is 1. The minimum absolute atomic E-state index is 0.334. The predicted molar refractivity (Wildman–Crippen MR) is 118 cm³/mol. The lowest BCUT2D eigenvalue weighted by molar-refractivity contribution is 0.0695. The highest BCUT2D eigenvalue weighted by atomic mass is 16.4. The van der Waals surface area contributed by atoms with Crippen LogP contribution in [0.3, 0.4) is 0 Å². The van der Waals surface area contributed by atoms with Crippen LogP contribution in [0.2, 0.25) is 0 Å². The van der Waals surface area contributed by atoms with E-state index in [0.717, 1.165) is 41.5 Å². The summed E-state index contributed by atoms with van der Waals surface area (Å²) >= 11 is 0. The van der Waals surface area contributed by atoms with Crippen LogP contribution in [0.5, 0.6) is 0 Å². The van der Waals surface area contributed by atoms with Gasteiger partial charge in [0.05, 0.1) is 11.3 Å². The second-order valence-electron chi connectivity index (χ2n) is 8.29. The van der Waals surface area contributed by atoms with E-state index in [0.29, 0.717) is 23.6 Å². The van der Waals surface area contributed by atoms with E-state index >= 15 is 0 Å². The van der Waals surface area contributed by atoms with Crippen molar-refractivity contribution in [1.29, 1.82) is 0 Å². The van der Waals surface area contributed by atoms with Gasteiger partial charge in [-0.25, -0.2) is 4.79 Å². The number of carboxylic acid groups (broad SMARTS) is 1. The van der Waals surface area contributed by atoms with Crippen molar-refractivity contribution in [3.63, 3.8) is 0 Å².